The zero-order valence-electron chi connectivity index (χ0n) is 15.3. The van der Waals surface area contributed by atoms with Gasteiger partial charge in [-0.1, -0.05) is 19.9 Å². The lowest BCUT2D eigenvalue weighted by molar-refractivity contribution is -0.157. The van der Waals surface area contributed by atoms with Gasteiger partial charge in [0.05, 0.1) is 0 Å². The van der Waals surface area contributed by atoms with E-state index in [1.807, 2.05) is 0 Å². The fraction of sp³-hybridized carbons (Fsp3) is 0.810. The van der Waals surface area contributed by atoms with Crippen LogP contribution in [-0.2, 0) is 9.59 Å². The molecule has 7 atom stereocenters. The molecular weight excluding hydrogens is 316 g/mol. The third-order valence-corrected chi connectivity index (χ3v) is 8.64. The number of allylic oxidation sites excluding steroid dienone is 2. The summed E-state index contributed by atoms with van der Waals surface area (Å²) in [6.45, 7) is 4.55. The average molecular weight is 346 g/mol. The average Bonchev–Trinajstić information content (AvgIpc) is 2.92. The van der Waals surface area contributed by atoms with Crippen LogP contribution in [0.1, 0.15) is 58.8 Å². The lowest BCUT2D eigenvalue weighted by Gasteiger charge is -2.58. The van der Waals surface area contributed by atoms with Crippen molar-refractivity contribution in [3.8, 4) is 0 Å². The Balaban J connectivity index is 1.63. The van der Waals surface area contributed by atoms with Gasteiger partial charge in [-0.15, -0.1) is 0 Å². The van der Waals surface area contributed by atoms with Crippen LogP contribution in [0.3, 0.4) is 0 Å². The summed E-state index contributed by atoms with van der Waals surface area (Å²) >= 11 is 0. The fourth-order valence-electron chi connectivity index (χ4n) is 7.28. The number of fused-ring (bicyclic) bond motifs is 5. The van der Waals surface area contributed by atoms with E-state index in [1.165, 1.54) is 0 Å². The van der Waals surface area contributed by atoms with E-state index in [9.17, 15) is 19.8 Å². The lowest BCUT2D eigenvalue weighted by atomic mass is 9.46. The second-order valence-electron chi connectivity index (χ2n) is 9.47. The summed E-state index contributed by atoms with van der Waals surface area (Å²) in [5, 5.41) is 18.8. The van der Waals surface area contributed by atoms with Gasteiger partial charge in [-0.05, 0) is 79.1 Å². The van der Waals surface area contributed by atoms with Gasteiger partial charge < -0.3 is 10.2 Å². The number of aliphatic hydroxyl groups excluding tert-OH is 1. The van der Waals surface area contributed by atoms with Crippen LogP contribution in [-0.4, -0.2) is 28.1 Å². The van der Waals surface area contributed by atoms with Crippen LogP contribution in [0.15, 0.2) is 12.2 Å². The Kier molecular flexibility index (Phi) is 4.01. The van der Waals surface area contributed by atoms with Crippen LogP contribution >= 0.6 is 0 Å². The standard InChI is InChI=1S/C21H30O4/c1-20-9-7-13(22)11-12(20)3-4-14-15-5-6-17(18(23)19(24)25)21(15,2)10-8-16(14)20/h7,9,12,14-17,19,24-25H,3-6,8,10-11H2,1-2H3/t12?,14-,15-,16-,17+,20-,21-/m0/s1. The quantitative estimate of drug-likeness (QED) is 0.754. The number of carbonyl (C=O) groups is 2. The summed E-state index contributed by atoms with van der Waals surface area (Å²) < 4.78 is 0. The highest BCUT2D eigenvalue weighted by molar-refractivity contribution is 5.91. The van der Waals surface area contributed by atoms with Crippen molar-refractivity contribution >= 4 is 11.6 Å². The summed E-state index contributed by atoms with van der Waals surface area (Å²) in [6, 6.07) is 0. The molecule has 0 saturated heterocycles. The highest BCUT2D eigenvalue weighted by Gasteiger charge is 2.60. The minimum absolute atomic E-state index is 0.0979. The molecule has 0 heterocycles. The molecule has 0 aromatic carbocycles. The Labute approximate surface area is 149 Å². The predicted octanol–water partition coefficient (Wildman–Crippen LogP) is 2.87. The van der Waals surface area contributed by atoms with E-state index in [-0.39, 0.29) is 28.3 Å². The van der Waals surface area contributed by atoms with Crippen molar-refractivity contribution in [2.24, 2.45) is 40.4 Å². The molecule has 4 aliphatic rings. The first kappa shape index (κ1) is 17.4. The second-order valence-corrected chi connectivity index (χ2v) is 9.47. The van der Waals surface area contributed by atoms with Gasteiger partial charge in [0.15, 0.2) is 11.6 Å². The van der Waals surface area contributed by atoms with Crippen molar-refractivity contribution in [1.29, 1.82) is 0 Å². The zero-order chi connectivity index (χ0) is 18.0. The lowest BCUT2D eigenvalue weighted by Crippen LogP contribution is -2.53. The van der Waals surface area contributed by atoms with Crippen LogP contribution in [0.2, 0.25) is 0 Å². The molecule has 0 aromatic heterocycles. The third kappa shape index (κ3) is 2.40. The van der Waals surface area contributed by atoms with Gasteiger partial charge in [0.1, 0.15) is 0 Å². The van der Waals surface area contributed by atoms with Gasteiger partial charge in [0.2, 0.25) is 6.29 Å². The molecule has 4 nitrogen and oxygen atoms in total. The zero-order valence-corrected chi connectivity index (χ0v) is 15.3. The van der Waals surface area contributed by atoms with E-state index >= 15 is 0 Å². The van der Waals surface area contributed by atoms with Crippen molar-refractivity contribution in [2.75, 3.05) is 0 Å². The highest BCUT2D eigenvalue weighted by Crippen LogP contribution is 2.66. The number of Topliss-reactive ketones (excluding diaryl/α,β-unsaturated/α-hetero) is 1. The molecule has 0 aliphatic heterocycles. The highest BCUT2D eigenvalue weighted by atomic mass is 16.5. The maximum atomic E-state index is 12.3. The number of rotatable bonds is 2. The molecule has 0 spiro atoms. The van der Waals surface area contributed by atoms with Crippen LogP contribution < -0.4 is 0 Å². The maximum absolute atomic E-state index is 12.3. The molecule has 4 rings (SSSR count). The van der Waals surface area contributed by atoms with Crippen LogP contribution in [0.25, 0.3) is 0 Å². The van der Waals surface area contributed by atoms with Crippen molar-refractivity contribution < 1.29 is 19.8 Å². The van der Waals surface area contributed by atoms with Gasteiger partial charge in [0, 0.05) is 12.3 Å². The minimum Gasteiger partial charge on any atom is -0.362 e. The Bertz CT molecular complexity index is 623. The van der Waals surface area contributed by atoms with E-state index in [4.69, 9.17) is 0 Å². The molecule has 0 amide bonds. The molecule has 4 aliphatic carbocycles. The topological polar surface area (TPSA) is 74.6 Å². The molecule has 0 aromatic rings. The third-order valence-electron chi connectivity index (χ3n) is 8.64. The molecule has 1 unspecified atom stereocenters. The van der Waals surface area contributed by atoms with Crippen molar-refractivity contribution in [3.05, 3.63) is 12.2 Å². The molecule has 0 radical (unpaired) electrons. The largest absolute Gasteiger partial charge is 0.362 e. The number of carbonyl (C=O) groups excluding carboxylic acids is 2. The van der Waals surface area contributed by atoms with Gasteiger partial charge >= 0.3 is 0 Å². The Hall–Kier alpha value is -1.00. The Morgan fingerprint density at radius 1 is 1.12 bits per heavy atom. The number of ketones is 2. The van der Waals surface area contributed by atoms with Gasteiger partial charge in [-0.2, -0.15) is 0 Å². The first-order valence-electron chi connectivity index (χ1n) is 9.89. The van der Waals surface area contributed by atoms with Crippen molar-refractivity contribution in [3.63, 3.8) is 0 Å². The van der Waals surface area contributed by atoms with E-state index in [0.29, 0.717) is 30.1 Å². The number of hydrogen-bond donors (Lipinski definition) is 2. The van der Waals surface area contributed by atoms with Crippen LogP contribution in [0.5, 0.6) is 0 Å². The number of hydrogen-bond acceptors (Lipinski definition) is 4. The molecule has 0 bridgehead atoms. The number of aliphatic hydroxyl groups is 2. The normalized spacial score (nSPS) is 48.8. The molecule has 138 valence electrons. The SMILES string of the molecule is C[C@]12CC[C@H]3[C@@H](CCC4CC(=O)C=C[C@@]43C)[C@@H]1CC[C@@H]2C(=O)C(O)O. The molecule has 3 saturated carbocycles. The first-order valence-corrected chi connectivity index (χ1v) is 9.89. The molecular formula is C21H30O4. The van der Waals surface area contributed by atoms with Gasteiger partial charge in [0.25, 0.3) is 0 Å². The molecule has 3 fully saturated rings. The molecule has 4 heteroatoms. The summed E-state index contributed by atoms with van der Waals surface area (Å²) in [5.41, 5.74) is 0.0100. The predicted molar refractivity (Wildman–Crippen MR) is 93.4 cm³/mol. The van der Waals surface area contributed by atoms with E-state index < -0.39 is 6.29 Å². The Morgan fingerprint density at radius 2 is 1.88 bits per heavy atom. The maximum Gasteiger partial charge on any atom is 0.213 e. The summed E-state index contributed by atoms with van der Waals surface area (Å²) in [4.78, 5) is 24.2. The summed E-state index contributed by atoms with van der Waals surface area (Å²) in [5.74, 6) is 1.80. The Morgan fingerprint density at radius 3 is 2.60 bits per heavy atom. The van der Waals surface area contributed by atoms with E-state index in [2.05, 4.69) is 19.9 Å². The van der Waals surface area contributed by atoms with Crippen LogP contribution in [0.4, 0.5) is 0 Å². The molecule has 25 heavy (non-hydrogen) atoms. The minimum atomic E-state index is -1.83. The summed E-state index contributed by atoms with van der Waals surface area (Å²) in [6.07, 6.45) is 8.96. The fourth-order valence-corrected chi connectivity index (χ4v) is 7.28. The monoisotopic (exact) mass is 346 g/mol. The van der Waals surface area contributed by atoms with Crippen LogP contribution in [0, 0.1) is 40.4 Å². The molecule has 2 N–H and O–H groups in total. The van der Waals surface area contributed by atoms with E-state index in [0.717, 1.165) is 38.5 Å². The summed E-state index contributed by atoms with van der Waals surface area (Å²) in [7, 11) is 0. The van der Waals surface area contributed by atoms with Gasteiger partial charge in [-0.3, -0.25) is 9.59 Å². The first-order chi connectivity index (χ1) is 11.8. The van der Waals surface area contributed by atoms with Crippen molar-refractivity contribution in [1.82, 2.24) is 0 Å². The smallest absolute Gasteiger partial charge is 0.213 e. The van der Waals surface area contributed by atoms with Gasteiger partial charge in [-0.25, -0.2) is 0 Å². The van der Waals surface area contributed by atoms with Crippen molar-refractivity contribution in [2.45, 2.75) is 65.1 Å². The second kappa shape index (κ2) is 5.75. The van der Waals surface area contributed by atoms with E-state index in [1.54, 1.807) is 6.08 Å².